The molecule has 0 radical (unpaired) electrons. The number of carbonyl (C=O) groups excluding carboxylic acids is 1. The van der Waals surface area contributed by atoms with Gasteiger partial charge in [0.2, 0.25) is 15.9 Å². The zero-order chi connectivity index (χ0) is 15.2. The van der Waals surface area contributed by atoms with Gasteiger partial charge in [-0.2, -0.15) is 0 Å². The standard InChI is InChI=1S/C11H14ClN3O3S2/c12-7-1-2-10(16)15-11(19)14-8-3-5-9(6-4-8)20(13,17)18/h3-6H,1-2,7H2,(H2,13,17,18)(H2,14,15,16,19). The van der Waals surface area contributed by atoms with Gasteiger partial charge in [-0.3, -0.25) is 4.79 Å². The number of hydrogen-bond acceptors (Lipinski definition) is 4. The molecule has 0 aromatic heterocycles. The summed E-state index contributed by atoms with van der Waals surface area (Å²) in [4.78, 5) is 11.4. The van der Waals surface area contributed by atoms with E-state index in [1.54, 1.807) is 0 Å². The van der Waals surface area contributed by atoms with Gasteiger partial charge in [0.15, 0.2) is 5.11 Å². The van der Waals surface area contributed by atoms with E-state index >= 15 is 0 Å². The third-order valence-corrected chi connectivity index (χ3v) is 3.63. The largest absolute Gasteiger partial charge is 0.332 e. The summed E-state index contributed by atoms with van der Waals surface area (Å²) in [6, 6.07) is 5.68. The van der Waals surface area contributed by atoms with Crippen molar-refractivity contribution in [1.82, 2.24) is 5.32 Å². The number of thiocarbonyl (C=S) groups is 1. The fraction of sp³-hybridized carbons (Fsp3) is 0.273. The van der Waals surface area contributed by atoms with Crippen LogP contribution in [0.15, 0.2) is 29.2 Å². The zero-order valence-corrected chi connectivity index (χ0v) is 12.8. The van der Waals surface area contributed by atoms with E-state index in [1.807, 2.05) is 0 Å². The van der Waals surface area contributed by atoms with E-state index in [-0.39, 0.29) is 22.3 Å². The van der Waals surface area contributed by atoms with Gasteiger partial charge in [-0.1, -0.05) is 0 Å². The lowest BCUT2D eigenvalue weighted by molar-refractivity contribution is -0.119. The molecule has 0 aliphatic rings. The molecule has 0 saturated carbocycles. The summed E-state index contributed by atoms with van der Waals surface area (Å²) in [6.45, 7) is 0. The Morgan fingerprint density at radius 1 is 1.30 bits per heavy atom. The predicted molar refractivity (Wildman–Crippen MR) is 82.1 cm³/mol. The van der Waals surface area contributed by atoms with E-state index in [0.29, 0.717) is 18.0 Å². The number of anilines is 1. The number of sulfonamides is 1. The minimum Gasteiger partial charge on any atom is -0.332 e. The summed E-state index contributed by atoms with van der Waals surface area (Å²) >= 11 is 10.4. The number of hydrogen-bond donors (Lipinski definition) is 3. The molecule has 0 heterocycles. The molecule has 4 N–H and O–H groups in total. The smallest absolute Gasteiger partial charge is 0.238 e. The first kappa shape index (κ1) is 16.8. The molecule has 9 heteroatoms. The third kappa shape index (κ3) is 5.83. The number of amides is 1. The highest BCUT2D eigenvalue weighted by molar-refractivity contribution is 7.89. The van der Waals surface area contributed by atoms with Crippen molar-refractivity contribution in [2.75, 3.05) is 11.2 Å². The van der Waals surface area contributed by atoms with E-state index in [2.05, 4.69) is 10.6 Å². The summed E-state index contributed by atoms with van der Waals surface area (Å²) < 4.78 is 22.2. The molecule has 1 amide bonds. The second-order valence-electron chi connectivity index (χ2n) is 3.86. The second kappa shape index (κ2) is 7.53. The lowest BCUT2D eigenvalue weighted by Crippen LogP contribution is -2.33. The van der Waals surface area contributed by atoms with Crippen LogP contribution in [0.25, 0.3) is 0 Å². The number of halogens is 1. The van der Waals surface area contributed by atoms with Crippen LogP contribution >= 0.6 is 23.8 Å². The molecule has 0 fully saturated rings. The van der Waals surface area contributed by atoms with E-state index < -0.39 is 10.0 Å². The van der Waals surface area contributed by atoms with Crippen molar-refractivity contribution >= 4 is 50.5 Å². The van der Waals surface area contributed by atoms with E-state index in [0.717, 1.165) is 0 Å². The summed E-state index contributed by atoms with van der Waals surface area (Å²) in [7, 11) is -3.72. The molecule has 1 rings (SSSR count). The van der Waals surface area contributed by atoms with E-state index in [4.69, 9.17) is 29.0 Å². The highest BCUT2D eigenvalue weighted by Gasteiger charge is 2.08. The summed E-state index contributed by atoms with van der Waals surface area (Å²) in [5, 5.41) is 10.4. The Balaban J connectivity index is 2.57. The van der Waals surface area contributed by atoms with E-state index in [1.165, 1.54) is 24.3 Å². The molecule has 0 unspecified atom stereocenters. The molecule has 0 atom stereocenters. The number of rotatable bonds is 5. The minimum absolute atomic E-state index is 0.000108. The van der Waals surface area contributed by atoms with Crippen LogP contribution in [-0.4, -0.2) is 25.3 Å². The molecular weight excluding hydrogens is 322 g/mol. The number of carbonyl (C=O) groups is 1. The van der Waals surface area contributed by atoms with Gasteiger partial charge in [-0.25, -0.2) is 13.6 Å². The average molecular weight is 336 g/mol. The third-order valence-electron chi connectivity index (χ3n) is 2.23. The minimum atomic E-state index is -3.72. The quantitative estimate of drug-likeness (QED) is 0.554. The molecule has 0 saturated heterocycles. The second-order valence-corrected chi connectivity index (χ2v) is 6.21. The molecule has 20 heavy (non-hydrogen) atoms. The number of primary sulfonamides is 1. The number of nitrogens with two attached hydrogens (primary N) is 1. The summed E-state index contributed by atoms with van der Waals surface area (Å²) in [5.41, 5.74) is 0.542. The van der Waals surface area contributed by atoms with Crippen LogP contribution in [0.3, 0.4) is 0 Å². The molecule has 0 bridgehead atoms. The first-order valence-corrected chi connectivity index (χ1v) is 8.11. The summed E-state index contributed by atoms with van der Waals surface area (Å²) in [5.74, 6) is 0.173. The van der Waals surface area contributed by atoms with Gasteiger partial charge in [0.05, 0.1) is 4.90 Å². The topological polar surface area (TPSA) is 101 Å². The Morgan fingerprint density at radius 3 is 2.40 bits per heavy atom. The monoisotopic (exact) mass is 335 g/mol. The molecule has 0 spiro atoms. The van der Waals surface area contributed by atoms with Crippen LogP contribution in [0.2, 0.25) is 0 Å². The van der Waals surface area contributed by atoms with Gasteiger partial charge < -0.3 is 10.6 Å². The van der Waals surface area contributed by atoms with Crippen molar-refractivity contribution in [2.24, 2.45) is 5.14 Å². The van der Waals surface area contributed by atoms with Crippen molar-refractivity contribution in [1.29, 1.82) is 0 Å². The summed E-state index contributed by atoms with van der Waals surface area (Å²) in [6.07, 6.45) is 0.856. The number of benzene rings is 1. The Bertz CT molecular complexity index is 587. The van der Waals surface area contributed by atoms with E-state index in [9.17, 15) is 13.2 Å². The lowest BCUT2D eigenvalue weighted by Gasteiger charge is -2.09. The molecule has 0 aliphatic carbocycles. The van der Waals surface area contributed by atoms with Crippen molar-refractivity contribution in [3.05, 3.63) is 24.3 Å². The lowest BCUT2D eigenvalue weighted by atomic mass is 10.3. The van der Waals surface area contributed by atoms with Crippen LogP contribution in [0.5, 0.6) is 0 Å². The van der Waals surface area contributed by atoms with Crippen molar-refractivity contribution in [2.45, 2.75) is 17.7 Å². The highest BCUT2D eigenvalue weighted by atomic mass is 35.5. The molecule has 1 aromatic carbocycles. The van der Waals surface area contributed by atoms with Gasteiger partial charge >= 0.3 is 0 Å². The zero-order valence-electron chi connectivity index (χ0n) is 10.4. The molecule has 6 nitrogen and oxygen atoms in total. The van der Waals surface area contributed by atoms with Crippen molar-refractivity contribution < 1.29 is 13.2 Å². The van der Waals surface area contributed by atoms with Gasteiger partial charge in [0.25, 0.3) is 0 Å². The van der Waals surface area contributed by atoms with Crippen molar-refractivity contribution in [3.63, 3.8) is 0 Å². The SMILES string of the molecule is NS(=O)(=O)c1ccc(NC(=S)NC(=O)CCCCl)cc1. The highest BCUT2D eigenvalue weighted by Crippen LogP contribution is 2.12. The molecule has 1 aromatic rings. The number of nitrogens with one attached hydrogen (secondary N) is 2. The number of alkyl halides is 1. The maximum Gasteiger partial charge on any atom is 0.238 e. The Kier molecular flexibility index (Phi) is 6.34. The van der Waals surface area contributed by atoms with Crippen LogP contribution in [0.1, 0.15) is 12.8 Å². The fourth-order valence-electron chi connectivity index (χ4n) is 1.31. The predicted octanol–water partition coefficient (Wildman–Crippen LogP) is 1.17. The Hall–Kier alpha value is -1.22. The maximum atomic E-state index is 11.4. The first-order valence-electron chi connectivity index (χ1n) is 5.62. The van der Waals surface area contributed by atoms with Gasteiger partial charge in [0, 0.05) is 18.0 Å². The maximum absolute atomic E-state index is 11.4. The van der Waals surface area contributed by atoms with Crippen LogP contribution in [0, 0.1) is 0 Å². The van der Waals surface area contributed by atoms with Crippen molar-refractivity contribution in [3.8, 4) is 0 Å². The van der Waals surface area contributed by atoms with Crippen LogP contribution < -0.4 is 15.8 Å². The normalized spacial score (nSPS) is 10.9. The molecule has 110 valence electrons. The van der Waals surface area contributed by atoms with Crippen LogP contribution in [0.4, 0.5) is 5.69 Å². The van der Waals surface area contributed by atoms with Crippen LogP contribution in [-0.2, 0) is 14.8 Å². The Morgan fingerprint density at radius 2 is 1.90 bits per heavy atom. The fourth-order valence-corrected chi connectivity index (χ4v) is 2.19. The van der Waals surface area contributed by atoms with Gasteiger partial charge in [-0.05, 0) is 42.9 Å². The Labute approximate surface area is 127 Å². The average Bonchev–Trinajstić information content (AvgIpc) is 2.35. The molecular formula is C11H14ClN3O3S2. The molecule has 0 aliphatic heterocycles. The van der Waals surface area contributed by atoms with Gasteiger partial charge in [-0.15, -0.1) is 11.6 Å². The van der Waals surface area contributed by atoms with Gasteiger partial charge in [0.1, 0.15) is 0 Å². The first-order chi connectivity index (χ1) is 9.32.